The van der Waals surface area contributed by atoms with Crippen molar-refractivity contribution in [2.75, 3.05) is 10.0 Å². The zero-order chi connectivity index (χ0) is 16.2. The van der Waals surface area contributed by atoms with Crippen LogP contribution in [0, 0.1) is 5.92 Å². The van der Waals surface area contributed by atoms with Crippen molar-refractivity contribution < 1.29 is 12.4 Å². The molecule has 0 aromatic heterocycles. The van der Waals surface area contributed by atoms with Gasteiger partial charge in [0, 0.05) is 0 Å². The summed E-state index contributed by atoms with van der Waals surface area (Å²) in [7, 11) is 0. The third kappa shape index (κ3) is 3.66. The molecule has 2 aromatic rings. The Hall–Kier alpha value is -1.36. The Morgan fingerprint density at radius 2 is 1.25 bits per heavy atom. The Balaban J connectivity index is 0.00000208. The van der Waals surface area contributed by atoms with E-state index in [1.165, 1.54) is 10.0 Å². The van der Waals surface area contributed by atoms with Crippen molar-refractivity contribution in [1.82, 2.24) is 0 Å². The minimum absolute atomic E-state index is 0. The van der Waals surface area contributed by atoms with Crippen molar-refractivity contribution >= 4 is 60.9 Å². The second kappa shape index (κ2) is 8.65. The fourth-order valence-corrected chi connectivity index (χ4v) is 2.88. The molecule has 1 aliphatic heterocycles. The van der Waals surface area contributed by atoms with E-state index >= 15 is 0 Å². The van der Waals surface area contributed by atoms with Gasteiger partial charge in [-0.05, 0) is 30.7 Å². The number of para-hydroxylation sites is 2. The third-order valence-corrected chi connectivity index (χ3v) is 4.06. The second-order valence-electron chi connectivity index (χ2n) is 5.67. The number of rotatable bonds is 5. The summed E-state index contributed by atoms with van der Waals surface area (Å²) in [5, 5.41) is 3.02. The molecule has 24 heavy (non-hydrogen) atoms. The van der Waals surface area contributed by atoms with Crippen molar-refractivity contribution in [3.05, 3.63) is 60.7 Å². The van der Waals surface area contributed by atoms with Crippen LogP contribution in [0.1, 0.15) is 29.0 Å². The number of amides is 2. The molecule has 1 fully saturated rings. The zero-order valence-corrected chi connectivity index (χ0v) is 16.1. The van der Waals surface area contributed by atoms with E-state index in [0.717, 1.165) is 12.8 Å². The number of carbonyl (C=O) groups is 2. The molecule has 0 unspecified atom stereocenters. The summed E-state index contributed by atoms with van der Waals surface area (Å²) < 4.78 is 0. The van der Waals surface area contributed by atoms with E-state index in [1.54, 1.807) is 0 Å². The molecule has 1 aliphatic rings. The van der Waals surface area contributed by atoms with Gasteiger partial charge in [-0.15, -0.1) is 0 Å². The van der Waals surface area contributed by atoms with Gasteiger partial charge in [0.1, 0.15) is 5.92 Å². The first kappa shape index (κ1) is 19.0. The molecule has 2 amide bonds. The van der Waals surface area contributed by atoms with Gasteiger partial charge in [0.15, 0.2) is 0 Å². The second-order valence-corrected chi connectivity index (χ2v) is 5.67. The van der Waals surface area contributed by atoms with Crippen molar-refractivity contribution in [3.63, 3.8) is 0 Å². The summed E-state index contributed by atoms with van der Waals surface area (Å²) in [6.45, 7) is 2.06. The molecule has 3 rings (SSSR count). The minimum Gasteiger partial charge on any atom is -1.00 e. The van der Waals surface area contributed by atoms with Crippen LogP contribution in [0.3, 0.4) is 0 Å². The van der Waals surface area contributed by atoms with Crippen molar-refractivity contribution in [2.24, 2.45) is 5.92 Å². The first-order chi connectivity index (χ1) is 11.2. The fourth-order valence-electron chi connectivity index (χ4n) is 2.88. The molecule has 2 aromatic carbocycles. The van der Waals surface area contributed by atoms with Gasteiger partial charge in [0.2, 0.25) is 0 Å². The average molecular weight is 350 g/mol. The largest absolute Gasteiger partial charge is 2.00 e. The Bertz CT molecular complexity index is 644. The van der Waals surface area contributed by atoms with Crippen molar-refractivity contribution in [2.45, 2.75) is 26.2 Å². The van der Waals surface area contributed by atoms with E-state index < -0.39 is 5.92 Å². The Labute approximate surface area is 175 Å². The van der Waals surface area contributed by atoms with Crippen LogP contribution in [0.2, 0.25) is 0 Å². The summed E-state index contributed by atoms with van der Waals surface area (Å²) in [4.78, 5) is 25.7. The van der Waals surface area contributed by atoms with Gasteiger partial charge in [-0.3, -0.25) is 9.59 Å². The Kier molecular flexibility index (Phi) is 6.84. The zero-order valence-electron chi connectivity index (χ0n) is 15.9. The number of carbonyl (C=O) groups excluding carboxylic acids is 2. The summed E-state index contributed by atoms with van der Waals surface area (Å²) in [5.41, 5.74) is 1.43. The maximum absolute atomic E-state index is 12.9. The molecule has 122 valence electrons. The predicted molar refractivity (Wildman–Crippen MR) is 98.8 cm³/mol. The van der Waals surface area contributed by atoms with Crippen LogP contribution in [0.25, 0.3) is 0 Å². The van der Waals surface area contributed by atoms with Gasteiger partial charge in [0.05, 0.1) is 11.4 Å². The summed E-state index contributed by atoms with van der Waals surface area (Å²) in [6.07, 6.45) is 2.43. The molecular weight excluding hydrogens is 328 g/mol. The van der Waals surface area contributed by atoms with Gasteiger partial charge >= 0.3 is 37.7 Å². The summed E-state index contributed by atoms with van der Waals surface area (Å²) in [6, 6.07) is 18.7. The molecule has 0 N–H and O–H groups in total. The van der Waals surface area contributed by atoms with Gasteiger partial charge < -0.3 is 2.85 Å². The van der Waals surface area contributed by atoms with Crippen LogP contribution in [-0.4, -0.2) is 49.6 Å². The molecule has 0 atom stereocenters. The number of anilines is 2. The molecule has 0 spiro atoms. The SMILES string of the molecule is CCCCC1C(=O)N(c2ccccc2)N(c2ccccc2)C1=O.[Ca+2].[H-].[H-]. The Morgan fingerprint density at radius 1 is 0.833 bits per heavy atom. The standard InChI is InChI=1S/C19H20N2O2.Ca.2H/c1-2-3-14-17-18(22)20(15-10-6-4-7-11-15)21(19(17)23)16-12-8-5-9-13-16;;;/h4-13,17H,2-3,14H2,1H3;;;/q;+2;2*-1. The van der Waals surface area contributed by atoms with E-state index in [9.17, 15) is 9.59 Å². The van der Waals surface area contributed by atoms with E-state index in [0.29, 0.717) is 17.8 Å². The molecule has 4 nitrogen and oxygen atoms in total. The van der Waals surface area contributed by atoms with Crippen LogP contribution in [-0.2, 0) is 9.59 Å². The molecule has 0 saturated carbocycles. The van der Waals surface area contributed by atoms with Crippen LogP contribution in [0.5, 0.6) is 0 Å². The average Bonchev–Trinajstić information content (AvgIpc) is 2.85. The van der Waals surface area contributed by atoms with Gasteiger partial charge in [-0.1, -0.05) is 56.2 Å². The van der Waals surface area contributed by atoms with E-state index in [4.69, 9.17) is 0 Å². The number of hydrogen-bond acceptors (Lipinski definition) is 2. The molecular formula is C19H22CaN2O2. The topological polar surface area (TPSA) is 40.6 Å². The first-order valence-corrected chi connectivity index (χ1v) is 8.02. The molecule has 1 heterocycles. The summed E-state index contributed by atoms with van der Waals surface area (Å²) >= 11 is 0. The van der Waals surface area contributed by atoms with Crippen LogP contribution >= 0.6 is 0 Å². The number of hydrazine groups is 1. The summed E-state index contributed by atoms with van der Waals surface area (Å²) in [5.74, 6) is -0.868. The molecule has 0 radical (unpaired) electrons. The van der Waals surface area contributed by atoms with E-state index in [1.807, 2.05) is 60.7 Å². The minimum atomic E-state index is -0.588. The smallest absolute Gasteiger partial charge is 1.00 e. The van der Waals surface area contributed by atoms with Crippen LogP contribution < -0.4 is 10.0 Å². The monoisotopic (exact) mass is 350 g/mol. The fraction of sp³-hybridized carbons (Fsp3) is 0.263. The number of nitrogens with zero attached hydrogens (tertiary/aromatic N) is 2. The van der Waals surface area contributed by atoms with Gasteiger partial charge in [0.25, 0.3) is 11.8 Å². The third-order valence-electron chi connectivity index (χ3n) is 4.06. The van der Waals surface area contributed by atoms with Crippen molar-refractivity contribution in [3.8, 4) is 0 Å². The number of benzene rings is 2. The molecule has 1 saturated heterocycles. The molecule has 0 aliphatic carbocycles. The van der Waals surface area contributed by atoms with Crippen molar-refractivity contribution in [1.29, 1.82) is 0 Å². The maximum Gasteiger partial charge on any atom is 2.00 e. The molecule has 0 bridgehead atoms. The van der Waals surface area contributed by atoms with E-state index in [-0.39, 0.29) is 52.4 Å². The Morgan fingerprint density at radius 3 is 1.62 bits per heavy atom. The van der Waals surface area contributed by atoms with Gasteiger partial charge in [-0.2, -0.15) is 0 Å². The maximum atomic E-state index is 12.9. The quantitative estimate of drug-likeness (QED) is 0.610. The van der Waals surface area contributed by atoms with E-state index in [2.05, 4.69) is 6.92 Å². The van der Waals surface area contributed by atoms with Gasteiger partial charge in [-0.25, -0.2) is 10.0 Å². The van der Waals surface area contributed by atoms with Crippen LogP contribution in [0.4, 0.5) is 11.4 Å². The predicted octanol–water partition coefficient (Wildman–Crippen LogP) is 3.63. The normalized spacial score (nSPS) is 14.9. The first-order valence-electron chi connectivity index (χ1n) is 8.02. The molecule has 5 heteroatoms. The number of unbranched alkanes of at least 4 members (excludes halogenated alkanes) is 1. The van der Waals surface area contributed by atoms with Crippen LogP contribution in [0.15, 0.2) is 60.7 Å². The number of hydrogen-bond donors (Lipinski definition) is 0.